The van der Waals surface area contributed by atoms with Gasteiger partial charge in [-0.1, -0.05) is 51.5 Å². The van der Waals surface area contributed by atoms with Crippen molar-refractivity contribution < 1.29 is 0 Å². The van der Waals surface area contributed by atoms with Gasteiger partial charge in [0.1, 0.15) is 0 Å². The first kappa shape index (κ1) is 13.6. The van der Waals surface area contributed by atoms with Crippen molar-refractivity contribution in [2.24, 2.45) is 0 Å². The Morgan fingerprint density at radius 2 is 1.72 bits per heavy atom. The molecule has 0 aliphatic heterocycles. The molecule has 0 aromatic heterocycles. The third-order valence-corrected chi connectivity index (χ3v) is 4.33. The highest BCUT2D eigenvalue weighted by molar-refractivity contribution is 5.29. The van der Waals surface area contributed by atoms with E-state index in [2.05, 4.69) is 57.4 Å². The van der Waals surface area contributed by atoms with Crippen LogP contribution in [0, 0.1) is 0 Å². The van der Waals surface area contributed by atoms with Gasteiger partial charge in [0.15, 0.2) is 0 Å². The lowest BCUT2D eigenvalue weighted by molar-refractivity contribution is 0.355. The summed E-state index contributed by atoms with van der Waals surface area (Å²) in [5.41, 5.74) is 3.23. The lowest BCUT2D eigenvalue weighted by atomic mass is 9.80. The van der Waals surface area contributed by atoms with Crippen LogP contribution in [0.4, 0.5) is 0 Å². The van der Waals surface area contributed by atoms with Gasteiger partial charge in [-0.25, -0.2) is 0 Å². The molecule has 0 heterocycles. The van der Waals surface area contributed by atoms with E-state index in [0.29, 0.717) is 6.04 Å². The van der Waals surface area contributed by atoms with Crippen molar-refractivity contribution in [2.45, 2.75) is 63.8 Å². The molecule has 1 N–H and O–H groups in total. The minimum atomic E-state index is 0.263. The third-order valence-electron chi connectivity index (χ3n) is 4.33. The van der Waals surface area contributed by atoms with Crippen molar-refractivity contribution in [1.82, 2.24) is 5.32 Å². The maximum atomic E-state index is 3.44. The van der Waals surface area contributed by atoms with Crippen LogP contribution in [0.15, 0.2) is 24.3 Å². The first-order valence-corrected chi connectivity index (χ1v) is 7.28. The molecule has 1 fully saturated rings. The van der Waals surface area contributed by atoms with Crippen LogP contribution in [-0.2, 0) is 5.41 Å². The molecule has 2 unspecified atom stereocenters. The molecule has 18 heavy (non-hydrogen) atoms. The van der Waals surface area contributed by atoms with Gasteiger partial charge < -0.3 is 5.32 Å². The maximum Gasteiger partial charge on any atom is 0.00698 e. The predicted octanol–water partition coefficient (Wildman–Crippen LogP) is 4.23. The zero-order valence-corrected chi connectivity index (χ0v) is 12.3. The van der Waals surface area contributed by atoms with Gasteiger partial charge in [0.05, 0.1) is 0 Å². The highest BCUT2D eigenvalue weighted by atomic mass is 14.9. The van der Waals surface area contributed by atoms with Gasteiger partial charge in [-0.2, -0.15) is 0 Å². The minimum Gasteiger partial charge on any atom is -0.317 e. The fraction of sp³-hybridized carbons (Fsp3) is 0.647. The Labute approximate surface area is 112 Å². The van der Waals surface area contributed by atoms with Crippen molar-refractivity contribution >= 4 is 0 Å². The average Bonchev–Trinajstić information content (AvgIpc) is 2.38. The zero-order valence-electron chi connectivity index (χ0n) is 12.3. The Hall–Kier alpha value is -0.820. The molecule has 100 valence electrons. The van der Waals surface area contributed by atoms with E-state index < -0.39 is 0 Å². The first-order chi connectivity index (χ1) is 8.50. The van der Waals surface area contributed by atoms with E-state index in [4.69, 9.17) is 0 Å². The summed E-state index contributed by atoms with van der Waals surface area (Å²) in [5, 5.41) is 3.44. The molecule has 0 saturated heterocycles. The van der Waals surface area contributed by atoms with Gasteiger partial charge in [0.25, 0.3) is 0 Å². The van der Waals surface area contributed by atoms with E-state index in [1.165, 1.54) is 36.8 Å². The molecule has 2 rings (SSSR count). The summed E-state index contributed by atoms with van der Waals surface area (Å²) in [4.78, 5) is 0. The highest BCUT2D eigenvalue weighted by Gasteiger charge is 2.22. The molecule has 1 aromatic rings. The Morgan fingerprint density at radius 3 is 2.28 bits per heavy atom. The molecule has 1 aromatic carbocycles. The second-order valence-electron chi connectivity index (χ2n) is 6.72. The number of hydrogen-bond acceptors (Lipinski definition) is 1. The van der Waals surface area contributed by atoms with Gasteiger partial charge in [-0.05, 0) is 48.8 Å². The molecule has 1 saturated carbocycles. The molecule has 1 aliphatic rings. The Balaban J connectivity index is 2.09. The van der Waals surface area contributed by atoms with Gasteiger partial charge in [0, 0.05) is 6.04 Å². The quantitative estimate of drug-likeness (QED) is 0.822. The molecule has 0 amide bonds. The zero-order chi connectivity index (χ0) is 13.2. The van der Waals surface area contributed by atoms with Crippen LogP contribution in [0.25, 0.3) is 0 Å². The highest BCUT2D eigenvalue weighted by Crippen LogP contribution is 2.33. The van der Waals surface area contributed by atoms with E-state index in [1.807, 2.05) is 0 Å². The average molecular weight is 245 g/mol. The molecular weight excluding hydrogens is 218 g/mol. The van der Waals surface area contributed by atoms with Crippen LogP contribution < -0.4 is 5.32 Å². The van der Waals surface area contributed by atoms with Crippen LogP contribution >= 0.6 is 0 Å². The number of benzene rings is 1. The maximum absolute atomic E-state index is 3.44. The molecule has 1 heteroatoms. The lowest BCUT2D eigenvalue weighted by Gasteiger charge is -2.29. The second kappa shape index (κ2) is 5.44. The molecule has 2 atom stereocenters. The third kappa shape index (κ3) is 3.14. The summed E-state index contributed by atoms with van der Waals surface area (Å²) in [6, 6.07) is 10.1. The van der Waals surface area contributed by atoms with Crippen LogP contribution in [0.1, 0.15) is 63.5 Å². The number of rotatable bonds is 2. The SMILES string of the molecule is CNC1CCCC(c2ccc(C(C)(C)C)cc2)C1. The largest absolute Gasteiger partial charge is 0.317 e. The van der Waals surface area contributed by atoms with Crippen LogP contribution in [0.3, 0.4) is 0 Å². The summed E-state index contributed by atoms with van der Waals surface area (Å²) >= 11 is 0. The van der Waals surface area contributed by atoms with E-state index in [-0.39, 0.29) is 5.41 Å². The standard InChI is InChI=1S/C17H27N/c1-17(2,3)15-10-8-13(9-11-15)14-6-5-7-16(12-14)18-4/h8-11,14,16,18H,5-7,12H2,1-4H3. The normalized spacial score (nSPS) is 25.1. The molecule has 0 radical (unpaired) electrons. The predicted molar refractivity (Wildman–Crippen MR) is 79.2 cm³/mol. The fourth-order valence-electron chi connectivity index (χ4n) is 3.01. The Morgan fingerprint density at radius 1 is 1.06 bits per heavy atom. The first-order valence-electron chi connectivity index (χ1n) is 7.28. The smallest absolute Gasteiger partial charge is 0.00698 e. The minimum absolute atomic E-state index is 0.263. The molecule has 1 nitrogen and oxygen atoms in total. The molecular formula is C17H27N. The van der Waals surface area contributed by atoms with E-state index in [0.717, 1.165) is 5.92 Å². The van der Waals surface area contributed by atoms with Crippen molar-refractivity contribution in [1.29, 1.82) is 0 Å². The Kier molecular flexibility index (Phi) is 4.11. The number of nitrogens with one attached hydrogen (secondary N) is 1. The van der Waals surface area contributed by atoms with Crippen molar-refractivity contribution in [3.63, 3.8) is 0 Å². The summed E-state index contributed by atoms with van der Waals surface area (Å²) in [7, 11) is 2.09. The Bertz CT molecular complexity index is 372. The van der Waals surface area contributed by atoms with E-state index >= 15 is 0 Å². The fourth-order valence-corrected chi connectivity index (χ4v) is 3.01. The monoisotopic (exact) mass is 245 g/mol. The molecule has 0 bridgehead atoms. The topological polar surface area (TPSA) is 12.0 Å². The molecule has 0 spiro atoms. The van der Waals surface area contributed by atoms with Crippen molar-refractivity contribution in [3.8, 4) is 0 Å². The van der Waals surface area contributed by atoms with Gasteiger partial charge in [0.2, 0.25) is 0 Å². The second-order valence-corrected chi connectivity index (χ2v) is 6.72. The lowest BCUT2D eigenvalue weighted by Crippen LogP contribution is -2.30. The summed E-state index contributed by atoms with van der Waals surface area (Å²) in [6.45, 7) is 6.83. The van der Waals surface area contributed by atoms with Gasteiger partial charge >= 0.3 is 0 Å². The van der Waals surface area contributed by atoms with E-state index in [9.17, 15) is 0 Å². The molecule has 1 aliphatic carbocycles. The van der Waals surface area contributed by atoms with Gasteiger partial charge in [-0.15, -0.1) is 0 Å². The van der Waals surface area contributed by atoms with Crippen molar-refractivity contribution in [3.05, 3.63) is 35.4 Å². The summed E-state index contributed by atoms with van der Waals surface area (Å²) in [5.74, 6) is 0.755. The van der Waals surface area contributed by atoms with Crippen LogP contribution in [0.5, 0.6) is 0 Å². The van der Waals surface area contributed by atoms with Crippen molar-refractivity contribution in [2.75, 3.05) is 7.05 Å². The van der Waals surface area contributed by atoms with Crippen LogP contribution in [0.2, 0.25) is 0 Å². The summed E-state index contributed by atoms with van der Waals surface area (Å²) in [6.07, 6.45) is 5.35. The number of hydrogen-bond donors (Lipinski definition) is 1. The van der Waals surface area contributed by atoms with Gasteiger partial charge in [-0.3, -0.25) is 0 Å². The van der Waals surface area contributed by atoms with Crippen LogP contribution in [-0.4, -0.2) is 13.1 Å². The summed E-state index contributed by atoms with van der Waals surface area (Å²) < 4.78 is 0. The van der Waals surface area contributed by atoms with E-state index in [1.54, 1.807) is 0 Å².